The van der Waals surface area contributed by atoms with Crippen molar-refractivity contribution < 1.29 is 9.53 Å². The summed E-state index contributed by atoms with van der Waals surface area (Å²) in [5.74, 6) is 0.714. The van der Waals surface area contributed by atoms with Crippen LogP contribution in [0, 0.1) is 0 Å². The molecule has 0 bridgehead atoms. The number of guanidine groups is 1. The molecule has 0 spiro atoms. The standard InChI is InChI=1S/C15H28N6O2/c1-5-16-13(18-10-12-21-11-6-7-20-21)17-8-9-19-14(22)23-15(2,3)4/h6-7,11H,5,8-10,12H2,1-4H3,(H,19,22)(H2,16,17,18). The lowest BCUT2D eigenvalue weighted by Crippen LogP contribution is -2.39. The molecular formula is C15H28N6O2. The summed E-state index contributed by atoms with van der Waals surface area (Å²) in [6, 6.07) is 1.89. The van der Waals surface area contributed by atoms with Crippen LogP contribution in [0.4, 0.5) is 4.79 Å². The highest BCUT2D eigenvalue weighted by molar-refractivity contribution is 5.79. The van der Waals surface area contributed by atoms with Gasteiger partial charge in [-0.15, -0.1) is 0 Å². The van der Waals surface area contributed by atoms with Gasteiger partial charge in [-0.2, -0.15) is 5.10 Å². The number of nitrogens with zero attached hydrogens (tertiary/aromatic N) is 3. The Balaban J connectivity index is 2.27. The van der Waals surface area contributed by atoms with E-state index in [1.807, 2.05) is 44.6 Å². The van der Waals surface area contributed by atoms with Crippen LogP contribution >= 0.6 is 0 Å². The van der Waals surface area contributed by atoms with Crippen LogP contribution in [0.5, 0.6) is 0 Å². The van der Waals surface area contributed by atoms with Crippen molar-refractivity contribution in [3.05, 3.63) is 18.5 Å². The summed E-state index contributed by atoms with van der Waals surface area (Å²) in [4.78, 5) is 15.9. The van der Waals surface area contributed by atoms with Crippen LogP contribution in [0.25, 0.3) is 0 Å². The van der Waals surface area contributed by atoms with Crippen LogP contribution in [0.3, 0.4) is 0 Å². The molecule has 8 heteroatoms. The Morgan fingerprint density at radius 3 is 2.65 bits per heavy atom. The molecule has 0 saturated carbocycles. The Bertz CT molecular complexity index is 479. The maximum absolute atomic E-state index is 11.5. The van der Waals surface area contributed by atoms with E-state index in [9.17, 15) is 4.79 Å². The third kappa shape index (κ3) is 9.38. The van der Waals surface area contributed by atoms with E-state index in [1.165, 1.54) is 0 Å². The van der Waals surface area contributed by atoms with Crippen molar-refractivity contribution in [1.82, 2.24) is 25.7 Å². The van der Waals surface area contributed by atoms with E-state index in [-0.39, 0.29) is 0 Å². The molecule has 1 aromatic rings. The lowest BCUT2D eigenvalue weighted by atomic mass is 10.2. The number of aromatic nitrogens is 2. The van der Waals surface area contributed by atoms with Crippen LogP contribution < -0.4 is 16.0 Å². The molecule has 0 aliphatic rings. The number of ether oxygens (including phenoxy) is 1. The van der Waals surface area contributed by atoms with E-state index < -0.39 is 11.7 Å². The summed E-state index contributed by atoms with van der Waals surface area (Å²) >= 11 is 0. The molecule has 0 aliphatic heterocycles. The van der Waals surface area contributed by atoms with Crippen molar-refractivity contribution in [3.8, 4) is 0 Å². The molecule has 1 heterocycles. The van der Waals surface area contributed by atoms with Crippen molar-refractivity contribution in [2.45, 2.75) is 39.8 Å². The Hall–Kier alpha value is -2.25. The Morgan fingerprint density at radius 2 is 2.04 bits per heavy atom. The van der Waals surface area contributed by atoms with Crippen molar-refractivity contribution in [2.24, 2.45) is 4.99 Å². The summed E-state index contributed by atoms with van der Waals surface area (Å²) in [5.41, 5.74) is -0.490. The number of alkyl carbamates (subject to hydrolysis) is 1. The number of hydrogen-bond acceptors (Lipinski definition) is 4. The predicted molar refractivity (Wildman–Crippen MR) is 90.4 cm³/mol. The molecule has 0 unspecified atom stereocenters. The lowest BCUT2D eigenvalue weighted by molar-refractivity contribution is 0.0529. The lowest BCUT2D eigenvalue weighted by Gasteiger charge is -2.19. The van der Waals surface area contributed by atoms with Crippen molar-refractivity contribution in [2.75, 3.05) is 26.2 Å². The number of rotatable bonds is 7. The van der Waals surface area contributed by atoms with Gasteiger partial charge in [-0.1, -0.05) is 0 Å². The third-order valence-corrected chi connectivity index (χ3v) is 2.59. The maximum atomic E-state index is 11.5. The fourth-order valence-corrected chi connectivity index (χ4v) is 1.70. The van der Waals surface area contributed by atoms with Gasteiger partial charge in [0.05, 0.1) is 13.1 Å². The fraction of sp³-hybridized carbons (Fsp3) is 0.667. The van der Waals surface area contributed by atoms with Crippen LogP contribution in [0.15, 0.2) is 23.5 Å². The van der Waals surface area contributed by atoms with E-state index >= 15 is 0 Å². The van der Waals surface area contributed by atoms with E-state index in [4.69, 9.17) is 4.74 Å². The molecule has 0 aromatic carbocycles. The minimum atomic E-state index is -0.490. The average molecular weight is 324 g/mol. The molecule has 1 rings (SSSR count). The Morgan fingerprint density at radius 1 is 1.26 bits per heavy atom. The summed E-state index contributed by atoms with van der Waals surface area (Å²) < 4.78 is 7.01. The molecule has 8 nitrogen and oxygen atoms in total. The monoisotopic (exact) mass is 324 g/mol. The number of amides is 1. The Kier molecular flexibility index (Phi) is 7.93. The summed E-state index contributed by atoms with van der Waals surface area (Å²) in [6.45, 7) is 10.6. The highest BCUT2D eigenvalue weighted by atomic mass is 16.6. The van der Waals surface area contributed by atoms with Gasteiger partial charge in [0, 0.05) is 32.0 Å². The van der Waals surface area contributed by atoms with Crippen LogP contribution in [-0.4, -0.2) is 53.6 Å². The summed E-state index contributed by atoms with van der Waals surface area (Å²) in [6.07, 6.45) is 3.24. The van der Waals surface area contributed by atoms with Gasteiger partial charge in [-0.25, -0.2) is 4.79 Å². The number of aliphatic imine (C=N–C) groups is 1. The van der Waals surface area contributed by atoms with E-state index in [0.29, 0.717) is 25.6 Å². The smallest absolute Gasteiger partial charge is 0.407 e. The second-order valence-corrected chi connectivity index (χ2v) is 5.89. The van der Waals surface area contributed by atoms with Gasteiger partial charge in [0.15, 0.2) is 5.96 Å². The third-order valence-electron chi connectivity index (χ3n) is 2.59. The van der Waals surface area contributed by atoms with Gasteiger partial charge < -0.3 is 20.7 Å². The van der Waals surface area contributed by atoms with E-state index in [1.54, 1.807) is 6.20 Å². The second kappa shape index (κ2) is 9.70. The number of carbonyl (C=O) groups excluding carboxylic acids is 1. The molecule has 0 fully saturated rings. The van der Waals surface area contributed by atoms with Gasteiger partial charge in [0.1, 0.15) is 5.60 Å². The van der Waals surface area contributed by atoms with Gasteiger partial charge in [0.25, 0.3) is 0 Å². The first-order valence-electron chi connectivity index (χ1n) is 7.87. The first-order valence-corrected chi connectivity index (χ1v) is 7.87. The zero-order valence-corrected chi connectivity index (χ0v) is 14.4. The minimum Gasteiger partial charge on any atom is -0.444 e. The quantitative estimate of drug-likeness (QED) is 0.395. The molecule has 0 saturated heterocycles. The fourth-order valence-electron chi connectivity index (χ4n) is 1.70. The molecule has 1 amide bonds. The van der Waals surface area contributed by atoms with E-state index in [2.05, 4.69) is 26.0 Å². The van der Waals surface area contributed by atoms with Crippen molar-refractivity contribution in [1.29, 1.82) is 0 Å². The molecule has 130 valence electrons. The van der Waals surface area contributed by atoms with Gasteiger partial charge in [-0.05, 0) is 33.8 Å². The predicted octanol–water partition coefficient (Wildman–Crippen LogP) is 0.963. The molecule has 23 heavy (non-hydrogen) atoms. The molecule has 3 N–H and O–H groups in total. The Labute approximate surface area is 137 Å². The van der Waals surface area contributed by atoms with Crippen LogP contribution in [0.1, 0.15) is 27.7 Å². The van der Waals surface area contributed by atoms with Gasteiger partial charge in [-0.3, -0.25) is 9.67 Å². The number of nitrogens with one attached hydrogen (secondary N) is 3. The first kappa shape index (κ1) is 18.8. The summed E-state index contributed by atoms with van der Waals surface area (Å²) in [7, 11) is 0. The van der Waals surface area contributed by atoms with Gasteiger partial charge >= 0.3 is 6.09 Å². The summed E-state index contributed by atoms with van der Waals surface area (Å²) in [5, 5.41) is 13.2. The first-order chi connectivity index (χ1) is 10.9. The maximum Gasteiger partial charge on any atom is 0.407 e. The zero-order valence-electron chi connectivity index (χ0n) is 14.4. The number of hydrogen-bond donors (Lipinski definition) is 3. The van der Waals surface area contributed by atoms with Crippen LogP contribution in [0.2, 0.25) is 0 Å². The highest BCUT2D eigenvalue weighted by Gasteiger charge is 2.15. The topological polar surface area (TPSA) is 92.6 Å². The minimum absolute atomic E-state index is 0.421. The normalized spacial score (nSPS) is 11.9. The second-order valence-electron chi connectivity index (χ2n) is 5.89. The largest absolute Gasteiger partial charge is 0.444 e. The highest BCUT2D eigenvalue weighted by Crippen LogP contribution is 2.05. The van der Waals surface area contributed by atoms with Crippen molar-refractivity contribution in [3.63, 3.8) is 0 Å². The van der Waals surface area contributed by atoms with Gasteiger partial charge in [0.2, 0.25) is 0 Å². The van der Waals surface area contributed by atoms with E-state index in [0.717, 1.165) is 13.1 Å². The zero-order chi connectivity index (χ0) is 17.1. The molecule has 0 atom stereocenters. The molecular weight excluding hydrogens is 296 g/mol. The molecule has 0 radical (unpaired) electrons. The SMILES string of the molecule is CCNC(=NCCNC(=O)OC(C)(C)C)NCCn1cccn1. The molecule has 1 aromatic heterocycles. The molecule has 0 aliphatic carbocycles. The average Bonchev–Trinajstić information content (AvgIpc) is 2.94. The van der Waals surface area contributed by atoms with Crippen molar-refractivity contribution >= 4 is 12.1 Å². The van der Waals surface area contributed by atoms with Crippen LogP contribution in [-0.2, 0) is 11.3 Å². The number of carbonyl (C=O) groups is 1.